The van der Waals surface area contributed by atoms with Crippen molar-refractivity contribution in [2.75, 3.05) is 18.0 Å². The molecule has 16 heavy (non-hydrogen) atoms. The number of nitrogens with zero attached hydrogens (tertiary/aromatic N) is 1. The molecule has 0 fully saturated rings. The van der Waals surface area contributed by atoms with Crippen LogP contribution < -0.4 is 10.6 Å². The number of para-hydroxylation sites is 1. The van der Waals surface area contributed by atoms with E-state index in [9.17, 15) is 4.79 Å². The number of carbonyl (C=O) groups excluding carboxylic acids is 1. The fourth-order valence-electron chi connectivity index (χ4n) is 2.01. The summed E-state index contributed by atoms with van der Waals surface area (Å²) in [4.78, 5) is 14.8. The quantitative estimate of drug-likeness (QED) is 0.808. The molecule has 0 aromatic heterocycles. The Bertz CT molecular complexity index is 419. The van der Waals surface area contributed by atoms with Gasteiger partial charge in [-0.3, -0.25) is 4.79 Å². The van der Waals surface area contributed by atoms with Crippen molar-refractivity contribution < 1.29 is 4.79 Å². The molecule has 4 heteroatoms. The van der Waals surface area contributed by atoms with Gasteiger partial charge < -0.3 is 10.6 Å². The van der Waals surface area contributed by atoms with Gasteiger partial charge in [-0.1, -0.05) is 19.1 Å². The van der Waals surface area contributed by atoms with Gasteiger partial charge in [0.05, 0.1) is 12.2 Å². The minimum Gasteiger partial charge on any atom is -0.322 e. The number of carbonyl (C=O) groups is 1. The Balaban J connectivity index is 2.47. The second kappa shape index (κ2) is 4.47. The van der Waals surface area contributed by atoms with E-state index in [1.807, 2.05) is 35.7 Å². The molecule has 1 aliphatic rings. The van der Waals surface area contributed by atoms with Gasteiger partial charge in [0.1, 0.15) is 0 Å². The lowest BCUT2D eigenvalue weighted by Crippen LogP contribution is -2.42. The molecule has 86 valence electrons. The van der Waals surface area contributed by atoms with E-state index in [1.54, 1.807) is 0 Å². The zero-order valence-corrected chi connectivity index (χ0v) is 10.4. The van der Waals surface area contributed by atoms with Crippen molar-refractivity contribution in [2.45, 2.75) is 24.0 Å². The van der Waals surface area contributed by atoms with Gasteiger partial charge in [-0.2, -0.15) is 0 Å². The van der Waals surface area contributed by atoms with Crippen LogP contribution >= 0.6 is 11.8 Å². The van der Waals surface area contributed by atoms with Crippen molar-refractivity contribution in [3.63, 3.8) is 0 Å². The van der Waals surface area contributed by atoms with Crippen LogP contribution in [0.1, 0.15) is 12.5 Å². The van der Waals surface area contributed by atoms with E-state index < -0.39 is 0 Å². The number of fused-ring (bicyclic) bond motifs is 1. The average molecular weight is 236 g/mol. The number of thioether (sulfide) groups is 1. The number of anilines is 1. The first-order valence-corrected chi connectivity index (χ1v) is 6.28. The minimum absolute atomic E-state index is 0.00250. The summed E-state index contributed by atoms with van der Waals surface area (Å²) in [5.74, 6) is 0.00250. The minimum atomic E-state index is 0.00250. The second-order valence-electron chi connectivity index (χ2n) is 4.06. The van der Waals surface area contributed by atoms with Gasteiger partial charge in [0.15, 0.2) is 0 Å². The summed E-state index contributed by atoms with van der Waals surface area (Å²) in [6.07, 6.45) is 0. The van der Waals surface area contributed by atoms with Crippen molar-refractivity contribution in [3.05, 3.63) is 23.8 Å². The Morgan fingerprint density at radius 3 is 3.06 bits per heavy atom. The van der Waals surface area contributed by atoms with Gasteiger partial charge in [-0.15, -0.1) is 11.8 Å². The number of nitrogens with two attached hydrogens (primary N) is 1. The van der Waals surface area contributed by atoms with Crippen LogP contribution in [-0.2, 0) is 4.79 Å². The van der Waals surface area contributed by atoms with Crippen molar-refractivity contribution in [1.29, 1.82) is 0 Å². The molecule has 2 rings (SSSR count). The molecule has 0 saturated heterocycles. The fourth-order valence-corrected chi connectivity index (χ4v) is 3.21. The first kappa shape index (κ1) is 11.5. The lowest BCUT2D eigenvalue weighted by Gasteiger charge is -2.33. The Morgan fingerprint density at radius 1 is 1.62 bits per heavy atom. The van der Waals surface area contributed by atoms with Gasteiger partial charge in [-0.05, 0) is 18.6 Å². The first-order chi connectivity index (χ1) is 7.63. The van der Waals surface area contributed by atoms with E-state index in [-0.39, 0.29) is 12.5 Å². The smallest absolute Gasteiger partial charge is 0.240 e. The Hall–Kier alpha value is -1.000. The van der Waals surface area contributed by atoms with Crippen LogP contribution in [0, 0.1) is 6.92 Å². The van der Waals surface area contributed by atoms with Crippen LogP contribution in [-0.4, -0.2) is 24.2 Å². The molecular weight excluding hydrogens is 220 g/mol. The van der Waals surface area contributed by atoms with Crippen LogP contribution in [0.5, 0.6) is 0 Å². The Morgan fingerprint density at radius 2 is 2.38 bits per heavy atom. The molecule has 0 aliphatic carbocycles. The van der Waals surface area contributed by atoms with E-state index >= 15 is 0 Å². The van der Waals surface area contributed by atoms with E-state index in [1.165, 1.54) is 4.90 Å². The van der Waals surface area contributed by atoms with Crippen molar-refractivity contribution in [1.82, 2.24) is 0 Å². The highest BCUT2D eigenvalue weighted by molar-refractivity contribution is 8.00. The highest BCUT2D eigenvalue weighted by atomic mass is 32.2. The molecule has 0 radical (unpaired) electrons. The normalized spacial score (nSPS) is 19.4. The van der Waals surface area contributed by atoms with Crippen molar-refractivity contribution in [2.24, 2.45) is 5.73 Å². The monoisotopic (exact) mass is 236 g/mol. The van der Waals surface area contributed by atoms with Crippen molar-refractivity contribution >= 4 is 23.4 Å². The Labute approximate surface area is 100.0 Å². The van der Waals surface area contributed by atoms with Gasteiger partial charge in [-0.25, -0.2) is 0 Å². The molecule has 1 aromatic rings. The molecule has 1 unspecified atom stereocenters. The van der Waals surface area contributed by atoms with Crippen LogP contribution in [0.15, 0.2) is 23.1 Å². The maximum absolute atomic E-state index is 11.8. The maximum atomic E-state index is 11.8. The number of hydrogen-bond donors (Lipinski definition) is 1. The van der Waals surface area contributed by atoms with E-state index in [0.29, 0.717) is 5.25 Å². The summed E-state index contributed by atoms with van der Waals surface area (Å²) < 4.78 is 0. The molecule has 0 spiro atoms. The van der Waals surface area contributed by atoms with E-state index in [0.717, 1.165) is 17.8 Å². The first-order valence-electron chi connectivity index (χ1n) is 5.40. The Kier molecular flexibility index (Phi) is 3.21. The topological polar surface area (TPSA) is 46.3 Å². The zero-order valence-electron chi connectivity index (χ0n) is 9.56. The molecule has 3 nitrogen and oxygen atoms in total. The van der Waals surface area contributed by atoms with E-state index in [2.05, 4.69) is 13.0 Å². The zero-order chi connectivity index (χ0) is 11.7. The highest BCUT2D eigenvalue weighted by Gasteiger charge is 2.27. The molecule has 0 bridgehead atoms. The number of amides is 1. The number of hydrogen-bond acceptors (Lipinski definition) is 3. The maximum Gasteiger partial charge on any atom is 0.240 e. The van der Waals surface area contributed by atoms with Crippen LogP contribution in [0.3, 0.4) is 0 Å². The predicted molar refractivity (Wildman–Crippen MR) is 67.9 cm³/mol. The summed E-state index contributed by atoms with van der Waals surface area (Å²) in [6.45, 7) is 4.99. The summed E-state index contributed by atoms with van der Waals surface area (Å²) in [5, 5.41) is 0.421. The molecule has 1 aliphatic heterocycles. The standard InChI is InChI=1S/C12H16N2OS/c1-8-4-3-5-10-12(8)14(11(15)6-13)7-9(2)16-10/h3-5,9H,6-7,13H2,1-2H3. The highest BCUT2D eigenvalue weighted by Crippen LogP contribution is 2.40. The lowest BCUT2D eigenvalue weighted by atomic mass is 10.1. The molecule has 1 amide bonds. The SMILES string of the molecule is Cc1cccc2c1N(C(=O)CN)CC(C)S2. The van der Waals surface area contributed by atoms with Crippen molar-refractivity contribution in [3.8, 4) is 0 Å². The summed E-state index contributed by atoms with van der Waals surface area (Å²) in [5.41, 5.74) is 7.64. The lowest BCUT2D eigenvalue weighted by molar-refractivity contribution is -0.117. The van der Waals surface area contributed by atoms with Crippen LogP contribution in [0.2, 0.25) is 0 Å². The fraction of sp³-hybridized carbons (Fsp3) is 0.417. The van der Waals surface area contributed by atoms with Gasteiger partial charge in [0.2, 0.25) is 5.91 Å². The molecular formula is C12H16N2OS. The molecule has 2 N–H and O–H groups in total. The summed E-state index contributed by atoms with van der Waals surface area (Å²) in [6, 6.07) is 6.13. The molecule has 1 aromatic carbocycles. The average Bonchev–Trinajstić information content (AvgIpc) is 2.27. The van der Waals surface area contributed by atoms with Gasteiger partial charge in [0.25, 0.3) is 0 Å². The van der Waals surface area contributed by atoms with Crippen LogP contribution in [0.4, 0.5) is 5.69 Å². The second-order valence-corrected chi connectivity index (χ2v) is 5.54. The largest absolute Gasteiger partial charge is 0.322 e. The third kappa shape index (κ3) is 1.95. The number of aryl methyl sites for hydroxylation is 1. The third-order valence-electron chi connectivity index (χ3n) is 2.71. The molecule has 1 atom stereocenters. The number of rotatable bonds is 1. The molecule has 1 heterocycles. The van der Waals surface area contributed by atoms with Gasteiger partial charge in [0, 0.05) is 16.7 Å². The summed E-state index contributed by atoms with van der Waals surface area (Å²) in [7, 11) is 0. The predicted octanol–water partition coefficient (Wildman–Crippen LogP) is 1.78. The number of benzene rings is 1. The van der Waals surface area contributed by atoms with Gasteiger partial charge >= 0.3 is 0 Å². The van der Waals surface area contributed by atoms with E-state index in [4.69, 9.17) is 5.73 Å². The summed E-state index contributed by atoms with van der Waals surface area (Å²) >= 11 is 1.82. The third-order valence-corrected chi connectivity index (χ3v) is 3.85. The molecule has 0 saturated carbocycles. The van der Waals surface area contributed by atoms with Crippen LogP contribution in [0.25, 0.3) is 0 Å².